The number of carbonyl (C=O) groups is 4. The number of para-hydroxylation sites is 1. The quantitative estimate of drug-likeness (QED) is 0.394. The van der Waals surface area contributed by atoms with Gasteiger partial charge in [0.05, 0.1) is 10.4 Å². The van der Waals surface area contributed by atoms with E-state index in [1.165, 1.54) is 24.3 Å². The van der Waals surface area contributed by atoms with Gasteiger partial charge in [0.1, 0.15) is 18.9 Å². The fraction of sp³-hybridized carbons (Fsp3) is 0.286. The molecule has 0 bridgehead atoms. The molecule has 4 amide bonds. The Labute approximate surface area is 224 Å². The molecule has 0 radical (unpaired) electrons. The zero-order valence-corrected chi connectivity index (χ0v) is 22.3. The molecule has 1 N–H and O–H groups in total. The molecular formula is C28H29FN4O4S. The van der Waals surface area contributed by atoms with Crippen molar-refractivity contribution in [2.24, 2.45) is 0 Å². The number of nitrogens with zero attached hydrogens (tertiary/aromatic N) is 3. The molecule has 38 heavy (non-hydrogen) atoms. The average Bonchev–Trinajstić information content (AvgIpc) is 3.37. The Kier molecular flexibility index (Phi) is 8.31. The Bertz CT molecular complexity index is 1430. The largest absolute Gasteiger partial charge is 0.342 e. The predicted molar refractivity (Wildman–Crippen MR) is 147 cm³/mol. The van der Waals surface area contributed by atoms with Gasteiger partial charge in [-0.15, -0.1) is 0 Å². The van der Waals surface area contributed by atoms with E-state index in [0.717, 1.165) is 39.5 Å². The van der Waals surface area contributed by atoms with Crippen LogP contribution >= 0.6 is 11.8 Å². The first-order valence-electron chi connectivity index (χ1n) is 12.4. The number of likely N-dealkylation sites (N-methyl/N-ethyl adjacent to an activating group) is 1. The third-order valence-corrected chi connectivity index (χ3v) is 7.31. The van der Waals surface area contributed by atoms with Crippen molar-refractivity contribution in [2.45, 2.75) is 33.7 Å². The van der Waals surface area contributed by atoms with E-state index in [4.69, 9.17) is 0 Å². The molecule has 10 heteroatoms. The predicted octanol–water partition coefficient (Wildman–Crippen LogP) is 4.89. The first kappa shape index (κ1) is 27.1. The summed E-state index contributed by atoms with van der Waals surface area (Å²) in [6, 6.07) is 11.1. The number of carbonyl (C=O) groups excluding carboxylic acids is 4. The fourth-order valence-corrected chi connectivity index (χ4v) is 5.30. The number of imide groups is 1. The number of fused-ring (bicyclic) bond motifs is 1. The highest BCUT2D eigenvalue weighted by molar-refractivity contribution is 8.18. The molecule has 1 saturated heterocycles. The van der Waals surface area contributed by atoms with Crippen LogP contribution in [-0.2, 0) is 27.3 Å². The van der Waals surface area contributed by atoms with E-state index in [9.17, 15) is 23.6 Å². The highest BCUT2D eigenvalue weighted by Crippen LogP contribution is 2.35. The average molecular weight is 537 g/mol. The topological polar surface area (TPSA) is 91.7 Å². The van der Waals surface area contributed by atoms with Crippen LogP contribution in [0.15, 0.2) is 53.6 Å². The van der Waals surface area contributed by atoms with Gasteiger partial charge in [-0.25, -0.2) is 4.39 Å². The van der Waals surface area contributed by atoms with Gasteiger partial charge in [0.15, 0.2) is 0 Å². The smallest absolute Gasteiger partial charge is 0.294 e. The zero-order chi connectivity index (χ0) is 27.4. The van der Waals surface area contributed by atoms with Crippen LogP contribution in [0.4, 0.5) is 14.9 Å². The molecule has 0 atom stereocenters. The van der Waals surface area contributed by atoms with Crippen LogP contribution in [0.2, 0.25) is 0 Å². The van der Waals surface area contributed by atoms with Crippen LogP contribution in [0.3, 0.4) is 0 Å². The van der Waals surface area contributed by atoms with Gasteiger partial charge >= 0.3 is 0 Å². The number of benzene rings is 2. The summed E-state index contributed by atoms with van der Waals surface area (Å²) >= 11 is 0.765. The van der Waals surface area contributed by atoms with Crippen LogP contribution in [0.5, 0.6) is 0 Å². The van der Waals surface area contributed by atoms with Gasteiger partial charge in [-0.1, -0.05) is 25.1 Å². The minimum atomic E-state index is -0.570. The molecule has 0 saturated carbocycles. The molecule has 1 aromatic heterocycles. The number of nitrogens with one attached hydrogen (secondary N) is 1. The van der Waals surface area contributed by atoms with Crippen LogP contribution < -0.4 is 5.32 Å². The van der Waals surface area contributed by atoms with Crippen molar-refractivity contribution >= 4 is 57.4 Å². The van der Waals surface area contributed by atoms with E-state index in [1.54, 1.807) is 11.0 Å². The number of hydrogen-bond acceptors (Lipinski definition) is 5. The molecule has 2 heterocycles. The first-order valence-corrected chi connectivity index (χ1v) is 13.3. The van der Waals surface area contributed by atoms with Gasteiger partial charge in [-0.3, -0.25) is 24.1 Å². The minimum absolute atomic E-state index is 0.00292. The Morgan fingerprint density at radius 2 is 1.74 bits per heavy atom. The molecule has 0 aliphatic carbocycles. The molecule has 2 aromatic carbocycles. The van der Waals surface area contributed by atoms with Crippen molar-refractivity contribution < 1.29 is 23.6 Å². The monoisotopic (exact) mass is 536 g/mol. The van der Waals surface area contributed by atoms with Crippen LogP contribution in [0, 0.1) is 5.82 Å². The number of amides is 4. The second kappa shape index (κ2) is 11.6. The van der Waals surface area contributed by atoms with E-state index in [-0.39, 0.29) is 17.4 Å². The maximum atomic E-state index is 13.1. The standard InChI is InChI=1S/C28H29FN4O4S/c1-4-18-8-7-9-22-19(15-32(26(18)22)17-25(35)31(5-2)6-3)14-23-27(36)33(28(37)38-23)16-24(34)30-21-12-10-20(29)11-13-21/h7-15H,4-6,16-17H2,1-3H3,(H,30,34)/b23-14-. The van der Waals surface area contributed by atoms with Gasteiger partial charge in [0.25, 0.3) is 11.1 Å². The molecule has 3 aromatic rings. The second-order valence-corrected chi connectivity index (χ2v) is 9.76. The molecule has 1 aliphatic rings. The van der Waals surface area contributed by atoms with Gasteiger partial charge in [0, 0.05) is 35.9 Å². The van der Waals surface area contributed by atoms with E-state index >= 15 is 0 Å². The Hall–Kier alpha value is -3.92. The second-order valence-electron chi connectivity index (χ2n) is 8.77. The number of anilines is 1. The van der Waals surface area contributed by atoms with E-state index in [1.807, 2.05) is 49.7 Å². The van der Waals surface area contributed by atoms with Crippen LogP contribution in [0.1, 0.15) is 31.9 Å². The molecular weight excluding hydrogens is 507 g/mol. The highest BCUT2D eigenvalue weighted by atomic mass is 32.2. The molecule has 4 rings (SSSR count). The maximum absolute atomic E-state index is 13.1. The molecule has 198 valence electrons. The van der Waals surface area contributed by atoms with E-state index in [0.29, 0.717) is 24.3 Å². The molecule has 0 unspecified atom stereocenters. The summed E-state index contributed by atoms with van der Waals surface area (Å²) in [4.78, 5) is 53.9. The van der Waals surface area contributed by atoms with E-state index in [2.05, 4.69) is 5.32 Å². The first-order chi connectivity index (χ1) is 18.2. The summed E-state index contributed by atoms with van der Waals surface area (Å²) in [6.07, 6.45) is 4.24. The Morgan fingerprint density at radius 3 is 2.39 bits per heavy atom. The normalized spacial score (nSPS) is 14.5. The summed E-state index contributed by atoms with van der Waals surface area (Å²) in [6.45, 7) is 6.85. The molecule has 8 nitrogen and oxygen atoms in total. The lowest BCUT2D eigenvalue weighted by molar-refractivity contribution is -0.131. The fourth-order valence-electron chi connectivity index (χ4n) is 4.47. The lowest BCUT2D eigenvalue weighted by atomic mass is 10.1. The van der Waals surface area contributed by atoms with Crippen LogP contribution in [-0.4, -0.2) is 57.0 Å². The number of thioether (sulfide) groups is 1. The van der Waals surface area contributed by atoms with Gasteiger partial charge in [-0.05, 0) is 67.9 Å². The lowest BCUT2D eigenvalue weighted by Crippen LogP contribution is -2.36. The number of aryl methyl sites for hydroxylation is 1. The van der Waals surface area contributed by atoms with E-state index < -0.39 is 29.4 Å². The Balaban J connectivity index is 1.60. The van der Waals surface area contributed by atoms with Crippen LogP contribution in [0.25, 0.3) is 17.0 Å². The van der Waals surface area contributed by atoms with Crippen molar-refractivity contribution in [1.82, 2.24) is 14.4 Å². The lowest BCUT2D eigenvalue weighted by Gasteiger charge is -2.19. The number of rotatable bonds is 9. The van der Waals surface area contributed by atoms with Crippen molar-refractivity contribution in [2.75, 3.05) is 25.0 Å². The zero-order valence-electron chi connectivity index (χ0n) is 21.5. The van der Waals surface area contributed by atoms with Gasteiger partial charge < -0.3 is 14.8 Å². The molecule has 1 aliphatic heterocycles. The summed E-state index contributed by atoms with van der Waals surface area (Å²) < 4.78 is 15.0. The third kappa shape index (κ3) is 5.65. The number of hydrogen-bond donors (Lipinski definition) is 1. The molecule has 1 fully saturated rings. The van der Waals surface area contributed by atoms with Crippen molar-refractivity contribution in [3.8, 4) is 0 Å². The highest BCUT2D eigenvalue weighted by Gasteiger charge is 2.36. The summed E-state index contributed by atoms with van der Waals surface area (Å²) in [5, 5.41) is 2.88. The SMILES string of the molecule is CCc1cccc2c(/C=C3\SC(=O)N(CC(=O)Nc4ccc(F)cc4)C3=O)cn(CC(=O)N(CC)CC)c12. The number of aromatic nitrogens is 1. The van der Waals surface area contributed by atoms with Gasteiger partial charge in [-0.2, -0.15) is 0 Å². The third-order valence-electron chi connectivity index (χ3n) is 6.41. The van der Waals surface area contributed by atoms with Crippen molar-refractivity contribution in [3.05, 3.63) is 70.5 Å². The molecule has 0 spiro atoms. The van der Waals surface area contributed by atoms with Gasteiger partial charge in [0.2, 0.25) is 11.8 Å². The van der Waals surface area contributed by atoms with Crippen molar-refractivity contribution in [1.29, 1.82) is 0 Å². The number of halogens is 1. The maximum Gasteiger partial charge on any atom is 0.294 e. The summed E-state index contributed by atoms with van der Waals surface area (Å²) in [5.41, 5.74) is 3.06. The summed E-state index contributed by atoms with van der Waals surface area (Å²) in [7, 11) is 0. The Morgan fingerprint density at radius 1 is 1.03 bits per heavy atom. The van der Waals surface area contributed by atoms with Crippen molar-refractivity contribution in [3.63, 3.8) is 0 Å². The minimum Gasteiger partial charge on any atom is -0.342 e. The summed E-state index contributed by atoms with van der Waals surface area (Å²) in [5.74, 6) is -1.58.